The van der Waals surface area contributed by atoms with Crippen LogP contribution in [0.25, 0.3) is 0 Å². The Morgan fingerprint density at radius 2 is 2.33 bits per heavy atom. The lowest BCUT2D eigenvalue weighted by atomic mass is 10.3. The van der Waals surface area contributed by atoms with E-state index in [1.165, 1.54) is 0 Å². The molecule has 48 valence electrons. The minimum atomic E-state index is 0.929. The fourth-order valence-corrected chi connectivity index (χ4v) is 0.738. The van der Waals surface area contributed by atoms with Gasteiger partial charge in [0.05, 0.1) is 11.9 Å². The largest absolute Gasteiger partial charge is 0.331 e. The van der Waals surface area contributed by atoms with Gasteiger partial charge in [-0.3, -0.25) is 4.98 Å². The first kappa shape index (κ1) is 6.42. The van der Waals surface area contributed by atoms with E-state index in [0.717, 1.165) is 11.3 Å². The Morgan fingerprint density at radius 3 is 2.78 bits per heavy atom. The number of anilines is 1. The second-order valence-electron chi connectivity index (χ2n) is 1.86. The number of aryl methyl sites for hydroxylation is 1. The zero-order chi connectivity index (χ0) is 6.69. The summed E-state index contributed by atoms with van der Waals surface area (Å²) in [5, 5.41) is 0. The SMILES string of the molecule is Cc1cncc(NS)c1. The van der Waals surface area contributed by atoms with Gasteiger partial charge in [0.1, 0.15) is 0 Å². The van der Waals surface area contributed by atoms with Crippen molar-refractivity contribution in [3.63, 3.8) is 0 Å². The summed E-state index contributed by atoms with van der Waals surface area (Å²) in [6.45, 7) is 1.99. The van der Waals surface area contributed by atoms with E-state index in [4.69, 9.17) is 0 Å². The highest BCUT2D eigenvalue weighted by molar-refractivity contribution is 7.81. The van der Waals surface area contributed by atoms with E-state index in [9.17, 15) is 0 Å². The molecule has 0 saturated carbocycles. The van der Waals surface area contributed by atoms with Gasteiger partial charge in [0.25, 0.3) is 0 Å². The third-order valence-electron chi connectivity index (χ3n) is 1.00. The number of rotatable bonds is 1. The van der Waals surface area contributed by atoms with Gasteiger partial charge in [-0.15, -0.1) is 0 Å². The van der Waals surface area contributed by atoms with E-state index >= 15 is 0 Å². The zero-order valence-electron chi connectivity index (χ0n) is 5.13. The van der Waals surface area contributed by atoms with Crippen molar-refractivity contribution in [2.45, 2.75) is 6.92 Å². The van der Waals surface area contributed by atoms with Gasteiger partial charge < -0.3 is 4.72 Å². The fraction of sp³-hybridized carbons (Fsp3) is 0.167. The summed E-state index contributed by atoms with van der Waals surface area (Å²) in [5.41, 5.74) is 2.06. The molecule has 0 radical (unpaired) electrons. The summed E-state index contributed by atoms with van der Waals surface area (Å²) in [7, 11) is 0. The van der Waals surface area contributed by atoms with E-state index in [0.29, 0.717) is 0 Å². The van der Waals surface area contributed by atoms with Crippen molar-refractivity contribution in [1.29, 1.82) is 0 Å². The quantitative estimate of drug-likeness (QED) is 0.580. The minimum Gasteiger partial charge on any atom is -0.331 e. The monoisotopic (exact) mass is 140 g/mol. The van der Waals surface area contributed by atoms with Crippen molar-refractivity contribution in [3.05, 3.63) is 24.0 Å². The molecule has 0 unspecified atom stereocenters. The molecular weight excluding hydrogens is 132 g/mol. The normalized spacial score (nSPS) is 9.11. The van der Waals surface area contributed by atoms with Gasteiger partial charge in [-0.25, -0.2) is 0 Å². The summed E-state index contributed by atoms with van der Waals surface area (Å²) in [4.78, 5) is 3.94. The molecule has 1 aromatic rings. The average Bonchev–Trinajstić information content (AvgIpc) is 1.88. The predicted octanol–water partition coefficient (Wildman–Crippen LogP) is 1.65. The van der Waals surface area contributed by atoms with E-state index in [2.05, 4.69) is 22.5 Å². The van der Waals surface area contributed by atoms with Crippen molar-refractivity contribution in [2.75, 3.05) is 4.72 Å². The van der Waals surface area contributed by atoms with Crippen LogP contribution in [0.3, 0.4) is 0 Å². The van der Waals surface area contributed by atoms with Gasteiger partial charge in [0, 0.05) is 6.20 Å². The molecule has 2 nitrogen and oxygen atoms in total. The second-order valence-corrected chi connectivity index (χ2v) is 2.09. The summed E-state index contributed by atoms with van der Waals surface area (Å²) < 4.78 is 2.70. The summed E-state index contributed by atoms with van der Waals surface area (Å²) in [6.07, 6.45) is 3.52. The number of pyridine rings is 1. The molecule has 0 aliphatic rings. The standard InChI is InChI=1S/C6H8N2S/c1-5-2-6(8-9)4-7-3-5/h2-4,8-9H,1H3. The Bertz CT molecular complexity index is 200. The molecule has 1 aromatic heterocycles. The molecule has 0 spiro atoms. The van der Waals surface area contributed by atoms with Gasteiger partial charge in [-0.2, -0.15) is 0 Å². The first-order valence-corrected chi connectivity index (χ1v) is 3.09. The first-order chi connectivity index (χ1) is 4.33. The number of aromatic nitrogens is 1. The van der Waals surface area contributed by atoms with Crippen LogP contribution in [0, 0.1) is 6.92 Å². The molecule has 3 heteroatoms. The molecule has 1 rings (SSSR count). The van der Waals surface area contributed by atoms with Crippen LogP contribution in [-0.2, 0) is 0 Å². The zero-order valence-corrected chi connectivity index (χ0v) is 6.02. The van der Waals surface area contributed by atoms with Crippen molar-refractivity contribution in [1.82, 2.24) is 4.98 Å². The fourth-order valence-electron chi connectivity index (χ4n) is 0.616. The lowest BCUT2D eigenvalue weighted by molar-refractivity contribution is 1.27. The number of hydrogen-bond acceptors (Lipinski definition) is 3. The van der Waals surface area contributed by atoms with E-state index < -0.39 is 0 Å². The third-order valence-corrected chi connectivity index (χ3v) is 1.26. The van der Waals surface area contributed by atoms with Crippen molar-refractivity contribution in [2.24, 2.45) is 0 Å². The lowest BCUT2D eigenvalue weighted by Gasteiger charge is -1.96. The van der Waals surface area contributed by atoms with Gasteiger partial charge in [-0.05, 0) is 18.6 Å². The maximum Gasteiger partial charge on any atom is 0.0626 e. The molecule has 0 bridgehead atoms. The molecule has 1 N–H and O–H groups in total. The maximum absolute atomic E-state index is 3.94. The third kappa shape index (κ3) is 1.61. The van der Waals surface area contributed by atoms with Gasteiger partial charge in [-0.1, -0.05) is 12.8 Å². The predicted molar refractivity (Wildman–Crippen MR) is 41.6 cm³/mol. The van der Waals surface area contributed by atoms with Gasteiger partial charge in [0.15, 0.2) is 0 Å². The molecule has 0 amide bonds. The molecule has 0 saturated heterocycles. The number of thiol groups is 1. The molecule has 0 fully saturated rings. The van der Waals surface area contributed by atoms with Crippen LogP contribution < -0.4 is 4.72 Å². The van der Waals surface area contributed by atoms with Crippen LogP contribution in [0.15, 0.2) is 18.5 Å². The Labute approximate surface area is 59.9 Å². The Morgan fingerprint density at radius 1 is 1.56 bits per heavy atom. The Hall–Kier alpha value is -0.700. The van der Waals surface area contributed by atoms with Crippen molar-refractivity contribution < 1.29 is 0 Å². The molecule has 0 aliphatic carbocycles. The van der Waals surface area contributed by atoms with Gasteiger partial charge in [0.2, 0.25) is 0 Å². The first-order valence-electron chi connectivity index (χ1n) is 2.64. The van der Waals surface area contributed by atoms with Crippen molar-refractivity contribution >= 4 is 18.5 Å². The highest BCUT2D eigenvalue weighted by Crippen LogP contribution is 2.06. The lowest BCUT2D eigenvalue weighted by Crippen LogP contribution is -1.82. The topological polar surface area (TPSA) is 24.9 Å². The molecule has 0 aromatic carbocycles. The highest BCUT2D eigenvalue weighted by Gasteiger charge is 1.86. The summed E-state index contributed by atoms with van der Waals surface area (Å²) >= 11 is 3.87. The van der Waals surface area contributed by atoms with E-state index in [1.807, 2.05) is 13.0 Å². The van der Waals surface area contributed by atoms with Crippen LogP contribution in [0.2, 0.25) is 0 Å². The second kappa shape index (κ2) is 2.73. The molecular formula is C6H8N2S. The van der Waals surface area contributed by atoms with E-state index in [-0.39, 0.29) is 0 Å². The van der Waals surface area contributed by atoms with Crippen molar-refractivity contribution in [3.8, 4) is 0 Å². The molecule has 0 atom stereocenters. The number of nitrogens with zero attached hydrogens (tertiary/aromatic N) is 1. The smallest absolute Gasteiger partial charge is 0.0626 e. The average molecular weight is 140 g/mol. The molecule has 0 aliphatic heterocycles. The minimum absolute atomic E-state index is 0.929. The highest BCUT2D eigenvalue weighted by atomic mass is 32.1. The summed E-state index contributed by atoms with van der Waals surface area (Å²) in [5.74, 6) is 0. The molecule has 1 heterocycles. The van der Waals surface area contributed by atoms with Gasteiger partial charge >= 0.3 is 0 Å². The van der Waals surface area contributed by atoms with Crippen LogP contribution in [0.1, 0.15) is 5.56 Å². The Kier molecular flexibility index (Phi) is 1.95. The van der Waals surface area contributed by atoms with Crippen LogP contribution in [0.5, 0.6) is 0 Å². The number of nitrogens with one attached hydrogen (secondary N) is 1. The van der Waals surface area contributed by atoms with Crippen LogP contribution in [0.4, 0.5) is 5.69 Å². The summed E-state index contributed by atoms with van der Waals surface area (Å²) in [6, 6.07) is 1.97. The Balaban J connectivity index is 2.94. The molecule has 9 heavy (non-hydrogen) atoms. The van der Waals surface area contributed by atoms with Crippen LogP contribution in [-0.4, -0.2) is 4.98 Å². The van der Waals surface area contributed by atoms with E-state index in [1.54, 1.807) is 12.4 Å². The van der Waals surface area contributed by atoms with Crippen LogP contribution >= 0.6 is 12.8 Å². The maximum atomic E-state index is 3.94. The number of hydrogen-bond donors (Lipinski definition) is 2.